The summed E-state index contributed by atoms with van der Waals surface area (Å²) in [5.74, 6) is -3.14. The average molecular weight is 285 g/mol. The van der Waals surface area contributed by atoms with Gasteiger partial charge in [0.25, 0.3) is 5.76 Å². The molecule has 1 aromatic carbocycles. The number of benzene rings is 1. The Balaban J connectivity index is 3.01. The Morgan fingerprint density at radius 1 is 1.38 bits per heavy atom. The van der Waals surface area contributed by atoms with E-state index in [2.05, 4.69) is 15.9 Å². The number of para-hydroxylation sites is 1. The summed E-state index contributed by atoms with van der Waals surface area (Å²) >= 11 is 3.13. The summed E-state index contributed by atoms with van der Waals surface area (Å²) in [7, 11) is 0. The second kappa shape index (κ2) is 3.64. The SMILES string of the molecule is O=C(O)c1oc2c(Br)cccc2c(=O)c1O. The normalized spacial score (nSPS) is 10.6. The largest absolute Gasteiger partial charge is 0.501 e. The summed E-state index contributed by atoms with van der Waals surface area (Å²) < 4.78 is 5.42. The molecule has 0 saturated carbocycles. The molecule has 0 aliphatic carbocycles. The van der Waals surface area contributed by atoms with Gasteiger partial charge in [-0.2, -0.15) is 0 Å². The Hall–Kier alpha value is -1.82. The Labute approximate surface area is 97.1 Å². The van der Waals surface area contributed by atoms with E-state index in [1.165, 1.54) is 6.07 Å². The number of rotatable bonds is 1. The van der Waals surface area contributed by atoms with Crippen LogP contribution in [0.1, 0.15) is 10.6 Å². The van der Waals surface area contributed by atoms with Crippen molar-refractivity contribution in [3.05, 3.63) is 38.7 Å². The van der Waals surface area contributed by atoms with Crippen molar-refractivity contribution in [2.45, 2.75) is 0 Å². The fraction of sp³-hybridized carbons (Fsp3) is 0. The molecule has 0 radical (unpaired) electrons. The molecule has 0 fully saturated rings. The predicted molar refractivity (Wildman–Crippen MR) is 58.8 cm³/mol. The van der Waals surface area contributed by atoms with Crippen LogP contribution in [0, 0.1) is 0 Å². The zero-order valence-corrected chi connectivity index (χ0v) is 9.32. The van der Waals surface area contributed by atoms with Crippen LogP contribution in [0.2, 0.25) is 0 Å². The molecule has 82 valence electrons. The zero-order valence-electron chi connectivity index (χ0n) is 7.73. The quantitative estimate of drug-likeness (QED) is 0.836. The summed E-state index contributed by atoms with van der Waals surface area (Å²) in [6.07, 6.45) is 0. The van der Waals surface area contributed by atoms with Crippen LogP contribution >= 0.6 is 15.9 Å². The van der Waals surface area contributed by atoms with E-state index in [9.17, 15) is 14.7 Å². The smallest absolute Gasteiger partial charge is 0.375 e. The van der Waals surface area contributed by atoms with Gasteiger partial charge >= 0.3 is 5.97 Å². The van der Waals surface area contributed by atoms with E-state index in [1.807, 2.05) is 0 Å². The number of aromatic carboxylic acids is 1. The second-order valence-corrected chi connectivity index (χ2v) is 3.88. The summed E-state index contributed by atoms with van der Waals surface area (Å²) in [5.41, 5.74) is -0.664. The Kier molecular flexibility index (Phi) is 2.43. The van der Waals surface area contributed by atoms with Gasteiger partial charge < -0.3 is 14.6 Å². The number of fused-ring (bicyclic) bond motifs is 1. The minimum absolute atomic E-state index is 0.0997. The molecule has 0 aliphatic rings. The third-order valence-electron chi connectivity index (χ3n) is 2.04. The van der Waals surface area contributed by atoms with E-state index in [0.717, 1.165) is 0 Å². The number of carbonyl (C=O) groups is 1. The highest BCUT2D eigenvalue weighted by atomic mass is 79.9. The third kappa shape index (κ3) is 1.47. The van der Waals surface area contributed by atoms with Crippen LogP contribution in [0.5, 0.6) is 5.75 Å². The molecule has 0 amide bonds. The second-order valence-electron chi connectivity index (χ2n) is 3.03. The number of hydrogen-bond acceptors (Lipinski definition) is 4. The van der Waals surface area contributed by atoms with E-state index in [0.29, 0.717) is 4.47 Å². The number of hydrogen-bond donors (Lipinski definition) is 2. The van der Waals surface area contributed by atoms with E-state index >= 15 is 0 Å². The van der Waals surface area contributed by atoms with Crippen molar-refractivity contribution in [1.82, 2.24) is 0 Å². The van der Waals surface area contributed by atoms with Crippen molar-refractivity contribution < 1.29 is 19.4 Å². The number of carboxylic acid groups (broad SMARTS) is 1. The average Bonchev–Trinajstić information content (AvgIpc) is 2.23. The topological polar surface area (TPSA) is 87.7 Å². The molecule has 16 heavy (non-hydrogen) atoms. The third-order valence-corrected chi connectivity index (χ3v) is 2.66. The van der Waals surface area contributed by atoms with Crippen LogP contribution in [0.15, 0.2) is 31.9 Å². The molecule has 0 bridgehead atoms. The summed E-state index contributed by atoms with van der Waals surface area (Å²) in [5, 5.41) is 18.2. The molecule has 2 rings (SSSR count). The number of carboxylic acids is 1. The van der Waals surface area contributed by atoms with Gasteiger partial charge in [-0.1, -0.05) is 6.07 Å². The predicted octanol–water partition coefficient (Wildman–Crippen LogP) is 1.96. The highest BCUT2D eigenvalue weighted by Crippen LogP contribution is 2.26. The maximum absolute atomic E-state index is 11.6. The van der Waals surface area contributed by atoms with E-state index in [1.54, 1.807) is 12.1 Å². The van der Waals surface area contributed by atoms with Gasteiger partial charge in [-0.25, -0.2) is 4.79 Å². The van der Waals surface area contributed by atoms with Crippen LogP contribution in [-0.4, -0.2) is 16.2 Å². The molecule has 0 atom stereocenters. The lowest BCUT2D eigenvalue weighted by molar-refractivity contribution is 0.0657. The monoisotopic (exact) mass is 284 g/mol. The molecule has 2 N–H and O–H groups in total. The van der Waals surface area contributed by atoms with Gasteiger partial charge in [0, 0.05) is 0 Å². The molecule has 0 saturated heterocycles. The van der Waals surface area contributed by atoms with Crippen LogP contribution in [0.4, 0.5) is 0 Å². The van der Waals surface area contributed by atoms with Crippen molar-refractivity contribution >= 4 is 32.9 Å². The highest BCUT2D eigenvalue weighted by Gasteiger charge is 2.19. The molecule has 0 unspecified atom stereocenters. The molecule has 5 nitrogen and oxygen atoms in total. The van der Waals surface area contributed by atoms with Crippen molar-refractivity contribution in [3.8, 4) is 5.75 Å². The first-order chi connectivity index (χ1) is 7.52. The number of aromatic hydroxyl groups is 1. The maximum atomic E-state index is 11.6. The first-order valence-electron chi connectivity index (χ1n) is 4.20. The molecule has 2 aromatic rings. The van der Waals surface area contributed by atoms with Crippen molar-refractivity contribution in [2.75, 3.05) is 0 Å². The molecule has 6 heteroatoms. The van der Waals surface area contributed by atoms with Crippen LogP contribution in [0.3, 0.4) is 0 Å². The van der Waals surface area contributed by atoms with Gasteiger partial charge in [0.1, 0.15) is 0 Å². The van der Waals surface area contributed by atoms with Gasteiger partial charge in [-0.05, 0) is 28.1 Å². The van der Waals surface area contributed by atoms with Gasteiger partial charge in [0.2, 0.25) is 11.2 Å². The Morgan fingerprint density at radius 2 is 2.06 bits per heavy atom. The maximum Gasteiger partial charge on any atom is 0.375 e. The molecular weight excluding hydrogens is 280 g/mol. The standard InChI is InChI=1S/C10H5BrO5/c11-5-3-1-2-4-6(12)7(13)9(10(14)15)16-8(4)5/h1-3,13H,(H,14,15). The minimum atomic E-state index is -1.49. The van der Waals surface area contributed by atoms with Gasteiger partial charge in [0.15, 0.2) is 5.58 Å². The Morgan fingerprint density at radius 3 is 2.69 bits per heavy atom. The fourth-order valence-corrected chi connectivity index (χ4v) is 1.76. The zero-order chi connectivity index (χ0) is 11.9. The minimum Gasteiger partial charge on any atom is -0.501 e. The van der Waals surface area contributed by atoms with Crippen LogP contribution in [0.25, 0.3) is 11.0 Å². The van der Waals surface area contributed by atoms with Crippen LogP contribution in [-0.2, 0) is 0 Å². The molecule has 1 aromatic heterocycles. The van der Waals surface area contributed by atoms with Gasteiger partial charge in [-0.3, -0.25) is 4.79 Å². The van der Waals surface area contributed by atoms with E-state index in [4.69, 9.17) is 9.52 Å². The van der Waals surface area contributed by atoms with Gasteiger partial charge in [0.05, 0.1) is 9.86 Å². The van der Waals surface area contributed by atoms with E-state index in [-0.39, 0.29) is 11.0 Å². The van der Waals surface area contributed by atoms with Gasteiger partial charge in [-0.15, -0.1) is 0 Å². The summed E-state index contributed by atoms with van der Waals surface area (Å²) in [6, 6.07) is 4.63. The van der Waals surface area contributed by atoms with Crippen molar-refractivity contribution in [3.63, 3.8) is 0 Å². The molecular formula is C10H5BrO5. The number of halogens is 1. The molecule has 0 spiro atoms. The summed E-state index contributed by atoms with van der Waals surface area (Å²) in [6.45, 7) is 0. The lowest BCUT2D eigenvalue weighted by atomic mass is 10.2. The van der Waals surface area contributed by atoms with E-state index < -0.39 is 22.9 Å². The fourth-order valence-electron chi connectivity index (χ4n) is 1.32. The summed E-state index contributed by atoms with van der Waals surface area (Å²) in [4.78, 5) is 22.3. The highest BCUT2D eigenvalue weighted by molar-refractivity contribution is 9.10. The van der Waals surface area contributed by atoms with Crippen molar-refractivity contribution in [2.24, 2.45) is 0 Å². The molecule has 1 heterocycles. The van der Waals surface area contributed by atoms with Crippen LogP contribution < -0.4 is 5.43 Å². The first-order valence-corrected chi connectivity index (χ1v) is 4.99. The Bertz CT molecular complexity index is 643. The first kappa shape index (κ1) is 10.7. The molecule has 0 aliphatic heterocycles. The van der Waals surface area contributed by atoms with Crippen molar-refractivity contribution in [1.29, 1.82) is 0 Å². The lowest BCUT2D eigenvalue weighted by Gasteiger charge is -2.02. The lowest BCUT2D eigenvalue weighted by Crippen LogP contribution is -2.08.